The van der Waals surface area contributed by atoms with E-state index in [1.165, 1.54) is 16.8 Å². The number of anilines is 4. The standard InChI is InChI=1S/C21H22N4/c1-2-16-9-11-18(12-10-16)23-21-22-14-13-20(24-21)25-15-5-7-17-6-3-4-8-19(17)25/h3-4,6,8-14H,2,5,7,15H2,1H3,(H,22,23,24). The van der Waals surface area contributed by atoms with Crippen LogP contribution in [0, 0.1) is 0 Å². The fourth-order valence-electron chi connectivity index (χ4n) is 3.28. The van der Waals surface area contributed by atoms with Crippen LogP contribution in [-0.4, -0.2) is 16.5 Å². The molecule has 4 rings (SSSR count). The predicted molar refractivity (Wildman–Crippen MR) is 103 cm³/mol. The quantitative estimate of drug-likeness (QED) is 0.741. The molecule has 2 heterocycles. The van der Waals surface area contributed by atoms with E-state index >= 15 is 0 Å². The van der Waals surface area contributed by atoms with Crippen LogP contribution in [0.3, 0.4) is 0 Å². The van der Waals surface area contributed by atoms with Crippen molar-refractivity contribution in [3.63, 3.8) is 0 Å². The molecule has 126 valence electrons. The second-order valence-electron chi connectivity index (χ2n) is 6.30. The lowest BCUT2D eigenvalue weighted by Crippen LogP contribution is -2.25. The van der Waals surface area contributed by atoms with Gasteiger partial charge in [0.15, 0.2) is 0 Å². The second-order valence-corrected chi connectivity index (χ2v) is 6.30. The van der Waals surface area contributed by atoms with E-state index < -0.39 is 0 Å². The first-order chi connectivity index (χ1) is 12.3. The molecule has 0 aliphatic carbocycles. The van der Waals surface area contributed by atoms with E-state index in [2.05, 4.69) is 70.7 Å². The Labute approximate surface area is 148 Å². The Bertz CT molecular complexity index is 858. The summed E-state index contributed by atoms with van der Waals surface area (Å²) in [6, 6.07) is 19.0. The molecule has 25 heavy (non-hydrogen) atoms. The molecule has 0 amide bonds. The summed E-state index contributed by atoms with van der Waals surface area (Å²) in [5, 5.41) is 3.31. The van der Waals surface area contributed by atoms with Gasteiger partial charge in [-0.15, -0.1) is 0 Å². The van der Waals surface area contributed by atoms with E-state index in [0.717, 1.165) is 37.3 Å². The Hall–Kier alpha value is -2.88. The number of fused-ring (bicyclic) bond motifs is 1. The number of rotatable bonds is 4. The third-order valence-electron chi connectivity index (χ3n) is 4.65. The van der Waals surface area contributed by atoms with Crippen LogP contribution in [-0.2, 0) is 12.8 Å². The van der Waals surface area contributed by atoms with Gasteiger partial charge in [0.2, 0.25) is 5.95 Å². The van der Waals surface area contributed by atoms with Gasteiger partial charge >= 0.3 is 0 Å². The third-order valence-corrected chi connectivity index (χ3v) is 4.65. The Balaban J connectivity index is 1.59. The number of aromatic nitrogens is 2. The maximum absolute atomic E-state index is 4.74. The molecule has 4 nitrogen and oxygen atoms in total. The highest BCUT2D eigenvalue weighted by molar-refractivity contribution is 5.66. The molecule has 0 radical (unpaired) electrons. The fraction of sp³-hybridized carbons (Fsp3) is 0.238. The molecule has 0 fully saturated rings. The molecule has 1 aliphatic rings. The highest BCUT2D eigenvalue weighted by Gasteiger charge is 2.19. The average molecular weight is 330 g/mol. The number of aryl methyl sites for hydroxylation is 2. The molecular formula is C21H22N4. The molecule has 3 aromatic rings. The molecule has 1 aromatic heterocycles. The van der Waals surface area contributed by atoms with Crippen molar-refractivity contribution >= 4 is 23.1 Å². The summed E-state index contributed by atoms with van der Waals surface area (Å²) >= 11 is 0. The zero-order chi connectivity index (χ0) is 17.1. The van der Waals surface area contributed by atoms with Crippen molar-refractivity contribution < 1.29 is 0 Å². The fourth-order valence-corrected chi connectivity index (χ4v) is 3.28. The van der Waals surface area contributed by atoms with Crippen molar-refractivity contribution in [2.45, 2.75) is 26.2 Å². The van der Waals surface area contributed by atoms with E-state index in [-0.39, 0.29) is 0 Å². The molecule has 0 bridgehead atoms. The second kappa shape index (κ2) is 6.93. The monoisotopic (exact) mass is 330 g/mol. The van der Waals surface area contributed by atoms with E-state index in [1.807, 2.05) is 12.3 Å². The normalized spacial score (nSPS) is 13.4. The van der Waals surface area contributed by atoms with Gasteiger partial charge in [-0.05, 0) is 54.7 Å². The van der Waals surface area contributed by atoms with Gasteiger partial charge in [0.05, 0.1) is 0 Å². The molecule has 0 atom stereocenters. The molecule has 0 saturated heterocycles. The van der Waals surface area contributed by atoms with Gasteiger partial charge in [0.25, 0.3) is 0 Å². The van der Waals surface area contributed by atoms with Crippen LogP contribution in [0.2, 0.25) is 0 Å². The minimum absolute atomic E-state index is 0.629. The van der Waals surface area contributed by atoms with Crippen molar-refractivity contribution in [3.05, 3.63) is 71.9 Å². The summed E-state index contributed by atoms with van der Waals surface area (Å²) in [4.78, 5) is 11.4. The molecule has 0 unspecified atom stereocenters. The molecule has 1 aliphatic heterocycles. The number of para-hydroxylation sites is 1. The minimum atomic E-state index is 0.629. The summed E-state index contributed by atoms with van der Waals surface area (Å²) in [5.74, 6) is 1.57. The zero-order valence-electron chi connectivity index (χ0n) is 14.4. The topological polar surface area (TPSA) is 41.1 Å². The Morgan fingerprint density at radius 1 is 1.04 bits per heavy atom. The van der Waals surface area contributed by atoms with Gasteiger partial charge in [-0.2, -0.15) is 4.98 Å². The van der Waals surface area contributed by atoms with Crippen molar-refractivity contribution in [1.29, 1.82) is 0 Å². The summed E-state index contributed by atoms with van der Waals surface area (Å²) in [7, 11) is 0. The van der Waals surface area contributed by atoms with E-state index in [9.17, 15) is 0 Å². The maximum Gasteiger partial charge on any atom is 0.229 e. The van der Waals surface area contributed by atoms with Crippen LogP contribution in [0.4, 0.5) is 23.1 Å². The molecule has 0 spiro atoms. The summed E-state index contributed by atoms with van der Waals surface area (Å²) in [5.41, 5.74) is 4.97. The van der Waals surface area contributed by atoms with Gasteiger partial charge < -0.3 is 10.2 Å². The SMILES string of the molecule is CCc1ccc(Nc2nccc(N3CCCc4ccccc43)n2)cc1. The molecule has 0 saturated carbocycles. The van der Waals surface area contributed by atoms with Crippen molar-refractivity contribution in [3.8, 4) is 0 Å². The van der Waals surface area contributed by atoms with E-state index in [1.54, 1.807) is 0 Å². The van der Waals surface area contributed by atoms with Crippen LogP contribution in [0.5, 0.6) is 0 Å². The lowest BCUT2D eigenvalue weighted by atomic mass is 10.0. The highest BCUT2D eigenvalue weighted by atomic mass is 15.2. The molecule has 1 N–H and O–H groups in total. The van der Waals surface area contributed by atoms with Crippen LogP contribution in [0.25, 0.3) is 0 Å². The molecule has 2 aromatic carbocycles. The maximum atomic E-state index is 4.74. The lowest BCUT2D eigenvalue weighted by molar-refractivity contribution is 0.759. The van der Waals surface area contributed by atoms with Crippen LogP contribution in [0.15, 0.2) is 60.8 Å². The zero-order valence-corrected chi connectivity index (χ0v) is 14.4. The first-order valence-electron chi connectivity index (χ1n) is 8.88. The smallest absolute Gasteiger partial charge is 0.229 e. The third kappa shape index (κ3) is 3.33. The minimum Gasteiger partial charge on any atom is -0.326 e. The number of nitrogens with one attached hydrogen (secondary N) is 1. The lowest BCUT2D eigenvalue weighted by Gasteiger charge is -2.30. The number of benzene rings is 2. The number of nitrogens with zero attached hydrogens (tertiary/aromatic N) is 3. The summed E-state index contributed by atoms with van der Waals surface area (Å²) in [6.45, 7) is 3.14. The van der Waals surface area contributed by atoms with Gasteiger partial charge in [0, 0.05) is 24.1 Å². The van der Waals surface area contributed by atoms with Crippen molar-refractivity contribution in [1.82, 2.24) is 9.97 Å². The van der Waals surface area contributed by atoms with Gasteiger partial charge in [-0.25, -0.2) is 4.98 Å². The van der Waals surface area contributed by atoms with Crippen LogP contribution >= 0.6 is 0 Å². The Morgan fingerprint density at radius 2 is 1.88 bits per heavy atom. The van der Waals surface area contributed by atoms with Gasteiger partial charge in [0.1, 0.15) is 5.82 Å². The Morgan fingerprint density at radius 3 is 2.72 bits per heavy atom. The number of hydrogen-bond acceptors (Lipinski definition) is 4. The van der Waals surface area contributed by atoms with Gasteiger partial charge in [-0.3, -0.25) is 0 Å². The first kappa shape index (κ1) is 15.6. The van der Waals surface area contributed by atoms with Crippen molar-refractivity contribution in [2.75, 3.05) is 16.8 Å². The summed E-state index contributed by atoms with van der Waals surface area (Å²) in [6.07, 6.45) is 5.14. The van der Waals surface area contributed by atoms with Crippen LogP contribution in [0.1, 0.15) is 24.5 Å². The highest BCUT2D eigenvalue weighted by Crippen LogP contribution is 2.32. The Kier molecular flexibility index (Phi) is 4.34. The number of hydrogen-bond donors (Lipinski definition) is 1. The summed E-state index contributed by atoms with van der Waals surface area (Å²) < 4.78 is 0. The van der Waals surface area contributed by atoms with E-state index in [4.69, 9.17) is 4.98 Å². The van der Waals surface area contributed by atoms with Gasteiger partial charge in [-0.1, -0.05) is 37.3 Å². The predicted octanol–water partition coefficient (Wildman–Crippen LogP) is 4.87. The van der Waals surface area contributed by atoms with E-state index in [0.29, 0.717) is 5.95 Å². The molecule has 4 heteroatoms. The average Bonchev–Trinajstić information content (AvgIpc) is 2.68. The largest absolute Gasteiger partial charge is 0.326 e. The first-order valence-corrected chi connectivity index (χ1v) is 8.88. The van der Waals surface area contributed by atoms with Crippen molar-refractivity contribution in [2.24, 2.45) is 0 Å². The molecular weight excluding hydrogens is 308 g/mol. The van der Waals surface area contributed by atoms with Crippen LogP contribution < -0.4 is 10.2 Å².